The minimum absolute atomic E-state index is 0.112. The number of para-hydroxylation sites is 2. The highest BCUT2D eigenvalue weighted by Gasteiger charge is 2.35. The van der Waals surface area contributed by atoms with Crippen molar-refractivity contribution in [1.82, 2.24) is 8.87 Å². The number of hydrogen-bond acceptors (Lipinski definition) is 6. The van der Waals surface area contributed by atoms with Crippen LogP contribution in [0.5, 0.6) is 5.75 Å². The smallest absolute Gasteiger partial charge is 0.293 e. The molecule has 1 saturated heterocycles. The van der Waals surface area contributed by atoms with Gasteiger partial charge in [-0.15, -0.1) is 0 Å². The molecule has 3 aromatic carbocycles. The Hall–Kier alpha value is -3.82. The molecular weight excluding hydrogens is 496 g/mol. The zero-order valence-corrected chi connectivity index (χ0v) is 21.0. The van der Waals surface area contributed by atoms with Gasteiger partial charge in [0.05, 0.1) is 21.9 Å². The Bertz CT molecular complexity index is 1590. The van der Waals surface area contributed by atoms with E-state index in [9.17, 15) is 18.0 Å². The topological polar surface area (TPSA) is 85.7 Å². The Morgan fingerprint density at radius 3 is 2.36 bits per heavy atom. The molecule has 2 heterocycles. The number of hydrogen-bond donors (Lipinski definition) is 0. The lowest BCUT2D eigenvalue weighted by Gasteiger charge is -2.13. The van der Waals surface area contributed by atoms with Crippen LogP contribution >= 0.6 is 11.8 Å². The van der Waals surface area contributed by atoms with Crippen molar-refractivity contribution in [3.05, 3.63) is 101 Å². The minimum atomic E-state index is -3.87. The Morgan fingerprint density at radius 1 is 0.917 bits per heavy atom. The van der Waals surface area contributed by atoms with E-state index in [1.54, 1.807) is 66.7 Å². The standard InChI is InChI=1S/C27H22N2O5S2/c1-19-11-13-22(14-12-19)36(32,33)29-18-20(23-9-5-6-10-24(23)29)17-25-26(30)28(27(31)35-25)15-16-34-21-7-3-2-4-8-21/h2-14,17-18H,15-16H2,1H3/b25-17-. The number of thioether (sulfide) groups is 1. The second-order valence-corrected chi connectivity index (χ2v) is 11.0. The first-order valence-corrected chi connectivity index (χ1v) is 13.5. The molecule has 0 N–H and O–H groups in total. The molecule has 0 saturated carbocycles. The summed E-state index contributed by atoms with van der Waals surface area (Å²) in [5, 5.41) is 0.270. The van der Waals surface area contributed by atoms with Crippen LogP contribution in [0.3, 0.4) is 0 Å². The average Bonchev–Trinajstić information content (AvgIpc) is 3.38. The molecule has 1 fully saturated rings. The summed E-state index contributed by atoms with van der Waals surface area (Å²) in [6.07, 6.45) is 3.07. The van der Waals surface area contributed by atoms with E-state index < -0.39 is 15.9 Å². The van der Waals surface area contributed by atoms with Gasteiger partial charge in [0.25, 0.3) is 21.2 Å². The molecule has 0 radical (unpaired) electrons. The number of ether oxygens (including phenoxy) is 1. The Morgan fingerprint density at radius 2 is 1.61 bits per heavy atom. The van der Waals surface area contributed by atoms with E-state index in [-0.39, 0.29) is 28.2 Å². The minimum Gasteiger partial charge on any atom is -0.492 e. The summed E-state index contributed by atoms with van der Waals surface area (Å²) in [5.74, 6) is 0.225. The maximum absolute atomic E-state index is 13.4. The fourth-order valence-electron chi connectivity index (χ4n) is 3.92. The quantitative estimate of drug-likeness (QED) is 0.309. The molecular formula is C27H22N2O5S2. The van der Waals surface area contributed by atoms with Crippen molar-refractivity contribution in [2.75, 3.05) is 13.2 Å². The van der Waals surface area contributed by atoms with Crippen LogP contribution in [0.15, 0.2) is 94.9 Å². The van der Waals surface area contributed by atoms with Gasteiger partial charge in [0.15, 0.2) is 0 Å². The van der Waals surface area contributed by atoms with Crippen molar-refractivity contribution in [3.8, 4) is 5.75 Å². The van der Waals surface area contributed by atoms with Crippen molar-refractivity contribution in [2.24, 2.45) is 0 Å². The van der Waals surface area contributed by atoms with Crippen molar-refractivity contribution in [2.45, 2.75) is 11.8 Å². The lowest BCUT2D eigenvalue weighted by Crippen LogP contribution is -2.32. The summed E-state index contributed by atoms with van der Waals surface area (Å²) in [6.45, 7) is 2.17. The maximum atomic E-state index is 13.4. The molecule has 1 aliphatic rings. The van der Waals surface area contributed by atoms with Crippen LogP contribution in [0.4, 0.5) is 4.79 Å². The van der Waals surface area contributed by atoms with Crippen molar-refractivity contribution >= 4 is 49.9 Å². The van der Waals surface area contributed by atoms with Crippen LogP contribution in [0, 0.1) is 6.92 Å². The van der Waals surface area contributed by atoms with Gasteiger partial charge in [0, 0.05) is 17.1 Å². The average molecular weight is 519 g/mol. The van der Waals surface area contributed by atoms with Gasteiger partial charge < -0.3 is 4.74 Å². The van der Waals surface area contributed by atoms with Gasteiger partial charge in [-0.2, -0.15) is 0 Å². The number of rotatable bonds is 7. The van der Waals surface area contributed by atoms with Gasteiger partial charge in [0.1, 0.15) is 12.4 Å². The van der Waals surface area contributed by atoms with Crippen LogP contribution in [-0.4, -0.2) is 41.6 Å². The van der Waals surface area contributed by atoms with Crippen LogP contribution in [0.2, 0.25) is 0 Å². The van der Waals surface area contributed by atoms with E-state index in [0.29, 0.717) is 22.2 Å². The van der Waals surface area contributed by atoms with E-state index >= 15 is 0 Å². The number of imide groups is 1. The number of aromatic nitrogens is 1. The Labute approximate surface area is 213 Å². The molecule has 9 heteroatoms. The molecule has 5 rings (SSSR count). The Balaban J connectivity index is 1.43. The first kappa shape index (κ1) is 23.9. The molecule has 1 aromatic heterocycles. The zero-order chi connectivity index (χ0) is 25.3. The van der Waals surface area contributed by atoms with E-state index in [4.69, 9.17) is 4.74 Å². The van der Waals surface area contributed by atoms with E-state index in [0.717, 1.165) is 22.2 Å². The van der Waals surface area contributed by atoms with Gasteiger partial charge in [-0.1, -0.05) is 54.1 Å². The number of aryl methyl sites for hydroxylation is 1. The highest BCUT2D eigenvalue weighted by Crippen LogP contribution is 2.35. The molecule has 7 nitrogen and oxygen atoms in total. The van der Waals surface area contributed by atoms with Crippen LogP contribution in [-0.2, 0) is 14.8 Å². The summed E-state index contributed by atoms with van der Waals surface area (Å²) in [6, 6.07) is 22.9. The van der Waals surface area contributed by atoms with Crippen molar-refractivity contribution in [3.63, 3.8) is 0 Å². The molecule has 36 heavy (non-hydrogen) atoms. The summed E-state index contributed by atoms with van der Waals surface area (Å²) in [4.78, 5) is 27.1. The molecule has 4 aromatic rings. The number of carbonyl (C=O) groups is 2. The molecule has 182 valence electrons. The maximum Gasteiger partial charge on any atom is 0.293 e. The van der Waals surface area contributed by atoms with Gasteiger partial charge in [-0.3, -0.25) is 14.5 Å². The predicted molar refractivity (Wildman–Crippen MR) is 140 cm³/mol. The molecule has 2 amide bonds. The SMILES string of the molecule is Cc1ccc(S(=O)(=O)n2cc(/C=C3\SC(=O)N(CCOc4ccccc4)C3=O)c3ccccc32)cc1. The van der Waals surface area contributed by atoms with E-state index in [1.807, 2.05) is 25.1 Å². The van der Waals surface area contributed by atoms with Crippen molar-refractivity contribution in [1.29, 1.82) is 0 Å². The Kier molecular flexibility index (Phi) is 6.42. The zero-order valence-electron chi connectivity index (χ0n) is 19.3. The molecule has 1 aliphatic heterocycles. The molecule has 0 unspecified atom stereocenters. The van der Waals surface area contributed by atoms with Gasteiger partial charge in [-0.05, 0) is 55.1 Å². The number of carbonyl (C=O) groups excluding carboxylic acids is 2. The van der Waals surface area contributed by atoms with E-state index in [1.165, 1.54) is 10.2 Å². The lowest BCUT2D eigenvalue weighted by molar-refractivity contribution is -0.123. The summed E-state index contributed by atoms with van der Waals surface area (Å²) < 4.78 is 33.7. The second kappa shape index (κ2) is 9.67. The first-order valence-electron chi connectivity index (χ1n) is 11.2. The second-order valence-electron chi connectivity index (χ2n) is 8.21. The largest absolute Gasteiger partial charge is 0.492 e. The monoisotopic (exact) mass is 518 g/mol. The number of benzene rings is 3. The van der Waals surface area contributed by atoms with Crippen LogP contribution in [0.25, 0.3) is 17.0 Å². The van der Waals surface area contributed by atoms with Gasteiger partial charge >= 0.3 is 0 Å². The highest BCUT2D eigenvalue weighted by atomic mass is 32.2. The third kappa shape index (κ3) is 4.55. The van der Waals surface area contributed by atoms with Gasteiger partial charge in [0.2, 0.25) is 0 Å². The third-order valence-electron chi connectivity index (χ3n) is 5.77. The predicted octanol–water partition coefficient (Wildman–Crippen LogP) is 5.30. The summed E-state index contributed by atoms with van der Waals surface area (Å²) in [7, 11) is -3.87. The number of nitrogens with zero attached hydrogens (tertiary/aromatic N) is 2. The molecule has 0 aliphatic carbocycles. The van der Waals surface area contributed by atoms with E-state index in [2.05, 4.69) is 0 Å². The molecule has 0 bridgehead atoms. The van der Waals surface area contributed by atoms with Crippen molar-refractivity contribution < 1.29 is 22.7 Å². The molecule has 0 spiro atoms. The fraction of sp³-hybridized carbons (Fsp3) is 0.111. The first-order chi connectivity index (χ1) is 17.3. The normalized spacial score (nSPS) is 15.2. The summed E-state index contributed by atoms with van der Waals surface area (Å²) >= 11 is 0.830. The van der Waals surface area contributed by atoms with Crippen LogP contribution < -0.4 is 4.74 Å². The van der Waals surface area contributed by atoms with Gasteiger partial charge in [-0.25, -0.2) is 12.4 Å². The van der Waals surface area contributed by atoms with Crippen LogP contribution in [0.1, 0.15) is 11.1 Å². The lowest BCUT2D eigenvalue weighted by atomic mass is 10.1. The third-order valence-corrected chi connectivity index (χ3v) is 8.37. The molecule has 0 atom stereocenters. The number of amides is 2. The number of fused-ring (bicyclic) bond motifs is 1. The fourth-order valence-corrected chi connectivity index (χ4v) is 6.15. The highest BCUT2D eigenvalue weighted by molar-refractivity contribution is 8.18. The summed E-state index contributed by atoms with van der Waals surface area (Å²) in [5.41, 5.74) is 1.98.